The summed E-state index contributed by atoms with van der Waals surface area (Å²) >= 11 is 3.23. The summed E-state index contributed by atoms with van der Waals surface area (Å²) in [5, 5.41) is 9.04. The van der Waals surface area contributed by atoms with Crippen molar-refractivity contribution in [1.82, 2.24) is 4.72 Å². The van der Waals surface area contributed by atoms with Gasteiger partial charge in [0.05, 0.1) is 18.1 Å². The number of ether oxygens (including phenoxy) is 1. The highest BCUT2D eigenvalue weighted by atomic mass is 79.9. The summed E-state index contributed by atoms with van der Waals surface area (Å²) < 4.78 is 32.8. The Balaban J connectivity index is 2.97. The Bertz CT molecular complexity index is 527. The van der Waals surface area contributed by atoms with Gasteiger partial charge in [-0.2, -0.15) is 0 Å². The van der Waals surface area contributed by atoms with Gasteiger partial charge >= 0.3 is 0 Å². The molecule has 0 aliphatic rings. The second-order valence-corrected chi connectivity index (χ2v) is 7.02. The van der Waals surface area contributed by atoms with E-state index in [2.05, 4.69) is 20.7 Å². The fourth-order valence-corrected chi connectivity index (χ4v) is 4.25. The second-order valence-electron chi connectivity index (χ2n) is 4.49. The van der Waals surface area contributed by atoms with Gasteiger partial charge in [-0.15, -0.1) is 0 Å². The Morgan fingerprint density at radius 1 is 1.45 bits per heavy atom. The summed E-state index contributed by atoms with van der Waals surface area (Å²) in [7, 11) is -2.07. The summed E-state index contributed by atoms with van der Waals surface area (Å²) in [6.45, 7) is 2.19. The first-order valence-electron chi connectivity index (χ1n) is 6.35. The van der Waals surface area contributed by atoms with Crippen LogP contribution in [0, 0.1) is 0 Å². The zero-order valence-electron chi connectivity index (χ0n) is 11.6. The summed E-state index contributed by atoms with van der Waals surface area (Å²) in [5.74, 6) is 0. The number of aliphatic hydroxyl groups excluding tert-OH is 1. The van der Waals surface area contributed by atoms with Crippen molar-refractivity contribution < 1.29 is 18.3 Å². The summed E-state index contributed by atoms with van der Waals surface area (Å²) in [5.41, 5.74) is 0.651. The molecule has 0 amide bonds. The van der Waals surface area contributed by atoms with E-state index >= 15 is 0 Å². The highest BCUT2D eigenvalue weighted by Gasteiger charge is 2.22. The predicted octanol–water partition coefficient (Wildman–Crippen LogP) is 2.03. The zero-order valence-corrected chi connectivity index (χ0v) is 14.0. The van der Waals surface area contributed by atoms with Crippen LogP contribution >= 0.6 is 15.9 Å². The number of aliphatic hydroxyl groups is 1. The average molecular weight is 366 g/mol. The Labute approximate surface area is 128 Å². The molecule has 114 valence electrons. The van der Waals surface area contributed by atoms with Crippen molar-refractivity contribution in [3.8, 4) is 0 Å². The summed E-state index contributed by atoms with van der Waals surface area (Å²) in [6, 6.07) is 4.41. The van der Waals surface area contributed by atoms with E-state index in [-0.39, 0.29) is 17.5 Å². The van der Waals surface area contributed by atoms with E-state index in [9.17, 15) is 8.42 Å². The van der Waals surface area contributed by atoms with Crippen molar-refractivity contribution in [2.45, 2.75) is 37.3 Å². The van der Waals surface area contributed by atoms with Crippen LogP contribution < -0.4 is 4.72 Å². The minimum atomic E-state index is -3.62. The van der Waals surface area contributed by atoms with E-state index in [1.54, 1.807) is 19.2 Å². The lowest BCUT2D eigenvalue weighted by atomic mass is 10.2. The van der Waals surface area contributed by atoms with E-state index in [0.29, 0.717) is 23.1 Å². The molecule has 0 bridgehead atoms. The standard InChI is InChI=1S/C13H20BrNO4S/c1-3-4-11(9-19-2)15-20(17,18)13-6-5-10(8-16)7-12(13)14/h5-7,11,15-16H,3-4,8-9H2,1-2H3. The van der Waals surface area contributed by atoms with Crippen LogP contribution in [0.5, 0.6) is 0 Å². The molecular formula is C13H20BrNO4S. The first-order chi connectivity index (χ1) is 9.44. The van der Waals surface area contributed by atoms with Crippen LogP contribution in [-0.4, -0.2) is 33.3 Å². The highest BCUT2D eigenvalue weighted by Crippen LogP contribution is 2.23. The lowest BCUT2D eigenvalue weighted by Gasteiger charge is -2.18. The number of halogens is 1. The largest absolute Gasteiger partial charge is 0.392 e. The fraction of sp³-hybridized carbons (Fsp3) is 0.538. The Morgan fingerprint density at radius 3 is 2.65 bits per heavy atom. The quantitative estimate of drug-likeness (QED) is 0.738. The molecule has 2 N–H and O–H groups in total. The van der Waals surface area contributed by atoms with Gasteiger partial charge in [0, 0.05) is 17.6 Å². The number of benzene rings is 1. The SMILES string of the molecule is CCCC(COC)NS(=O)(=O)c1ccc(CO)cc1Br. The number of nitrogens with one attached hydrogen (secondary N) is 1. The van der Waals surface area contributed by atoms with Crippen LogP contribution in [0.1, 0.15) is 25.3 Å². The minimum Gasteiger partial charge on any atom is -0.392 e. The normalized spacial score (nSPS) is 13.4. The van der Waals surface area contributed by atoms with Crippen LogP contribution in [0.15, 0.2) is 27.6 Å². The number of sulfonamides is 1. The smallest absolute Gasteiger partial charge is 0.242 e. The van der Waals surface area contributed by atoms with Gasteiger partial charge in [-0.3, -0.25) is 0 Å². The van der Waals surface area contributed by atoms with Gasteiger partial charge in [0.25, 0.3) is 0 Å². The maximum atomic E-state index is 12.4. The minimum absolute atomic E-state index is 0.130. The zero-order chi connectivity index (χ0) is 15.2. The molecular weight excluding hydrogens is 346 g/mol. The molecule has 0 saturated heterocycles. The molecule has 0 spiro atoms. The van der Waals surface area contributed by atoms with Gasteiger partial charge in [-0.05, 0) is 40.0 Å². The van der Waals surface area contributed by atoms with Crippen LogP contribution in [0.4, 0.5) is 0 Å². The molecule has 1 aromatic rings. The lowest BCUT2D eigenvalue weighted by Crippen LogP contribution is -2.38. The van der Waals surface area contributed by atoms with E-state index in [4.69, 9.17) is 9.84 Å². The maximum Gasteiger partial charge on any atom is 0.242 e. The molecule has 20 heavy (non-hydrogen) atoms. The third-order valence-electron chi connectivity index (χ3n) is 2.80. The topological polar surface area (TPSA) is 75.6 Å². The third-order valence-corrected chi connectivity index (χ3v) is 5.29. The summed E-state index contributed by atoms with van der Waals surface area (Å²) in [6.07, 6.45) is 1.57. The Kier molecular flexibility index (Phi) is 7.11. The third kappa shape index (κ3) is 4.82. The fourth-order valence-electron chi connectivity index (χ4n) is 1.87. The van der Waals surface area contributed by atoms with Crippen molar-refractivity contribution in [1.29, 1.82) is 0 Å². The van der Waals surface area contributed by atoms with Gasteiger partial charge in [0.15, 0.2) is 0 Å². The van der Waals surface area contributed by atoms with Crippen molar-refractivity contribution in [2.75, 3.05) is 13.7 Å². The Morgan fingerprint density at radius 2 is 2.15 bits per heavy atom. The molecule has 1 rings (SSSR count). The van der Waals surface area contributed by atoms with Crippen molar-refractivity contribution in [3.63, 3.8) is 0 Å². The molecule has 0 aliphatic heterocycles. The van der Waals surface area contributed by atoms with E-state index in [1.165, 1.54) is 6.07 Å². The average Bonchev–Trinajstić information content (AvgIpc) is 2.38. The molecule has 7 heteroatoms. The van der Waals surface area contributed by atoms with Crippen LogP contribution in [-0.2, 0) is 21.4 Å². The van der Waals surface area contributed by atoms with E-state index in [1.807, 2.05) is 6.92 Å². The van der Waals surface area contributed by atoms with Gasteiger partial charge in [0.1, 0.15) is 0 Å². The van der Waals surface area contributed by atoms with E-state index in [0.717, 1.165) is 6.42 Å². The lowest BCUT2D eigenvalue weighted by molar-refractivity contribution is 0.171. The van der Waals surface area contributed by atoms with Crippen molar-refractivity contribution >= 4 is 26.0 Å². The van der Waals surface area contributed by atoms with Gasteiger partial charge in [-0.1, -0.05) is 19.4 Å². The molecule has 1 unspecified atom stereocenters. The van der Waals surface area contributed by atoms with Crippen molar-refractivity contribution in [2.24, 2.45) is 0 Å². The van der Waals surface area contributed by atoms with Crippen LogP contribution in [0.25, 0.3) is 0 Å². The Hall–Kier alpha value is -0.470. The molecule has 0 heterocycles. The monoisotopic (exact) mass is 365 g/mol. The molecule has 0 radical (unpaired) electrons. The molecule has 0 aliphatic carbocycles. The van der Waals surface area contributed by atoms with Crippen molar-refractivity contribution in [3.05, 3.63) is 28.2 Å². The molecule has 5 nitrogen and oxygen atoms in total. The second kappa shape index (κ2) is 8.09. The van der Waals surface area contributed by atoms with Gasteiger partial charge < -0.3 is 9.84 Å². The highest BCUT2D eigenvalue weighted by molar-refractivity contribution is 9.10. The molecule has 0 aromatic heterocycles. The first-order valence-corrected chi connectivity index (χ1v) is 8.62. The maximum absolute atomic E-state index is 12.4. The molecule has 0 fully saturated rings. The number of hydrogen-bond acceptors (Lipinski definition) is 4. The first kappa shape index (κ1) is 17.6. The van der Waals surface area contributed by atoms with Crippen LogP contribution in [0.2, 0.25) is 0 Å². The molecule has 0 saturated carbocycles. The predicted molar refractivity (Wildman–Crippen MR) is 81.0 cm³/mol. The number of hydrogen-bond donors (Lipinski definition) is 2. The van der Waals surface area contributed by atoms with E-state index < -0.39 is 10.0 Å². The van der Waals surface area contributed by atoms with Crippen LogP contribution in [0.3, 0.4) is 0 Å². The number of methoxy groups -OCH3 is 1. The molecule has 1 aromatic carbocycles. The van der Waals surface area contributed by atoms with Gasteiger partial charge in [0.2, 0.25) is 10.0 Å². The number of rotatable bonds is 8. The van der Waals surface area contributed by atoms with Gasteiger partial charge in [-0.25, -0.2) is 13.1 Å². The molecule has 1 atom stereocenters. The summed E-state index contributed by atoms with van der Waals surface area (Å²) in [4.78, 5) is 0.159.